The first-order valence-corrected chi connectivity index (χ1v) is 7.86. The molecule has 0 spiro atoms. The largest absolute Gasteiger partial charge is 0.381 e. The van der Waals surface area contributed by atoms with Crippen molar-refractivity contribution in [3.05, 3.63) is 52.6 Å². The summed E-state index contributed by atoms with van der Waals surface area (Å²) >= 11 is 12.3. The molecule has 0 unspecified atom stereocenters. The standard InChI is InChI=1S/C16H17Cl2N3/c17-13-4-3-5-14(16(13)18)20-12-7-10-21(11-8-12)15-6-1-2-9-19-15/h1-6,9,12,20H,7-8,10-11H2. The first-order chi connectivity index (χ1) is 10.2. The van der Waals surface area contributed by atoms with Crippen LogP contribution in [0, 0.1) is 0 Å². The van der Waals surface area contributed by atoms with Gasteiger partial charge in [-0.1, -0.05) is 35.3 Å². The molecule has 2 heterocycles. The number of hydrogen-bond donors (Lipinski definition) is 1. The van der Waals surface area contributed by atoms with Crippen molar-refractivity contribution in [2.24, 2.45) is 0 Å². The summed E-state index contributed by atoms with van der Waals surface area (Å²) in [7, 11) is 0. The van der Waals surface area contributed by atoms with Gasteiger partial charge in [-0.25, -0.2) is 4.98 Å². The molecule has 0 saturated carbocycles. The molecule has 21 heavy (non-hydrogen) atoms. The van der Waals surface area contributed by atoms with Crippen LogP contribution in [0.2, 0.25) is 10.0 Å². The van der Waals surface area contributed by atoms with E-state index in [0.29, 0.717) is 16.1 Å². The second-order valence-corrected chi connectivity index (χ2v) is 5.98. The van der Waals surface area contributed by atoms with Crippen molar-refractivity contribution >= 4 is 34.7 Å². The number of piperidine rings is 1. The number of aromatic nitrogens is 1. The van der Waals surface area contributed by atoms with Crippen LogP contribution in [0.5, 0.6) is 0 Å². The molecule has 0 bridgehead atoms. The predicted molar refractivity (Wildman–Crippen MR) is 89.6 cm³/mol. The van der Waals surface area contributed by atoms with Gasteiger partial charge in [0.2, 0.25) is 0 Å². The lowest BCUT2D eigenvalue weighted by molar-refractivity contribution is 0.523. The number of nitrogens with zero attached hydrogens (tertiary/aromatic N) is 2. The fourth-order valence-corrected chi connectivity index (χ4v) is 2.98. The molecule has 1 fully saturated rings. The monoisotopic (exact) mass is 321 g/mol. The van der Waals surface area contributed by atoms with Crippen molar-refractivity contribution in [1.29, 1.82) is 0 Å². The molecular weight excluding hydrogens is 305 g/mol. The Labute approximate surface area is 134 Å². The summed E-state index contributed by atoms with van der Waals surface area (Å²) < 4.78 is 0. The van der Waals surface area contributed by atoms with Crippen LogP contribution in [0.1, 0.15) is 12.8 Å². The summed E-state index contributed by atoms with van der Waals surface area (Å²) in [6.45, 7) is 1.99. The summed E-state index contributed by atoms with van der Waals surface area (Å²) in [4.78, 5) is 6.72. The number of anilines is 2. The average Bonchev–Trinajstić information content (AvgIpc) is 2.53. The van der Waals surface area contributed by atoms with Crippen LogP contribution in [0.3, 0.4) is 0 Å². The minimum absolute atomic E-state index is 0.418. The van der Waals surface area contributed by atoms with Crippen LogP contribution in [-0.4, -0.2) is 24.1 Å². The number of benzene rings is 1. The minimum Gasteiger partial charge on any atom is -0.381 e. The van der Waals surface area contributed by atoms with E-state index in [1.807, 2.05) is 30.5 Å². The van der Waals surface area contributed by atoms with E-state index < -0.39 is 0 Å². The molecule has 110 valence electrons. The number of nitrogens with one attached hydrogen (secondary N) is 1. The number of rotatable bonds is 3. The lowest BCUT2D eigenvalue weighted by atomic mass is 10.0. The van der Waals surface area contributed by atoms with Crippen LogP contribution in [0.4, 0.5) is 11.5 Å². The summed E-state index contributed by atoms with van der Waals surface area (Å²) in [5.74, 6) is 1.05. The van der Waals surface area contributed by atoms with E-state index >= 15 is 0 Å². The van der Waals surface area contributed by atoms with E-state index in [9.17, 15) is 0 Å². The third kappa shape index (κ3) is 3.42. The number of halogens is 2. The summed E-state index contributed by atoms with van der Waals surface area (Å²) in [5, 5.41) is 4.69. The van der Waals surface area contributed by atoms with Crippen LogP contribution in [0.15, 0.2) is 42.6 Å². The highest BCUT2D eigenvalue weighted by molar-refractivity contribution is 6.43. The fourth-order valence-electron chi connectivity index (χ4n) is 2.63. The second kappa shape index (κ2) is 6.54. The molecule has 3 nitrogen and oxygen atoms in total. The van der Waals surface area contributed by atoms with Gasteiger partial charge in [0.05, 0.1) is 15.7 Å². The van der Waals surface area contributed by atoms with Gasteiger partial charge >= 0.3 is 0 Å². The molecule has 2 aromatic rings. The van der Waals surface area contributed by atoms with Gasteiger partial charge in [0.15, 0.2) is 0 Å². The Morgan fingerprint density at radius 1 is 1.05 bits per heavy atom. The van der Waals surface area contributed by atoms with Crippen molar-refractivity contribution in [1.82, 2.24) is 4.98 Å². The van der Waals surface area contributed by atoms with Crippen molar-refractivity contribution in [2.75, 3.05) is 23.3 Å². The zero-order valence-electron chi connectivity index (χ0n) is 11.6. The fraction of sp³-hybridized carbons (Fsp3) is 0.312. The molecule has 1 saturated heterocycles. The zero-order valence-corrected chi connectivity index (χ0v) is 13.1. The van der Waals surface area contributed by atoms with E-state index in [2.05, 4.69) is 21.3 Å². The van der Waals surface area contributed by atoms with E-state index in [-0.39, 0.29) is 0 Å². The minimum atomic E-state index is 0.418. The Hall–Kier alpha value is -1.45. The molecule has 0 radical (unpaired) electrons. The Morgan fingerprint density at radius 3 is 2.57 bits per heavy atom. The average molecular weight is 322 g/mol. The first kappa shape index (κ1) is 14.5. The van der Waals surface area contributed by atoms with Gasteiger partial charge in [-0.15, -0.1) is 0 Å². The maximum atomic E-state index is 6.22. The third-order valence-corrected chi connectivity index (χ3v) is 4.60. The quantitative estimate of drug-likeness (QED) is 0.904. The van der Waals surface area contributed by atoms with Crippen LogP contribution in [0.25, 0.3) is 0 Å². The van der Waals surface area contributed by atoms with Gasteiger partial charge in [0, 0.05) is 25.3 Å². The summed E-state index contributed by atoms with van der Waals surface area (Å²) in [5.41, 5.74) is 0.917. The highest BCUT2D eigenvalue weighted by Crippen LogP contribution is 2.31. The van der Waals surface area contributed by atoms with Crippen molar-refractivity contribution in [3.63, 3.8) is 0 Å². The Balaban J connectivity index is 1.60. The maximum Gasteiger partial charge on any atom is 0.128 e. The van der Waals surface area contributed by atoms with E-state index in [4.69, 9.17) is 23.2 Å². The topological polar surface area (TPSA) is 28.2 Å². The smallest absolute Gasteiger partial charge is 0.128 e. The van der Waals surface area contributed by atoms with Gasteiger partial charge in [0.1, 0.15) is 5.82 Å². The first-order valence-electron chi connectivity index (χ1n) is 7.10. The van der Waals surface area contributed by atoms with E-state index in [1.165, 1.54) is 0 Å². The van der Waals surface area contributed by atoms with Crippen molar-refractivity contribution in [3.8, 4) is 0 Å². The molecule has 1 aromatic carbocycles. The highest BCUT2D eigenvalue weighted by atomic mass is 35.5. The Bertz CT molecular complexity index is 596. The van der Waals surface area contributed by atoms with Crippen LogP contribution >= 0.6 is 23.2 Å². The van der Waals surface area contributed by atoms with Gasteiger partial charge in [-0.3, -0.25) is 0 Å². The molecule has 0 atom stereocenters. The van der Waals surface area contributed by atoms with E-state index in [1.54, 1.807) is 6.07 Å². The SMILES string of the molecule is Clc1cccc(NC2CCN(c3ccccn3)CC2)c1Cl. The third-order valence-electron chi connectivity index (χ3n) is 3.78. The van der Waals surface area contributed by atoms with Gasteiger partial charge < -0.3 is 10.2 Å². The van der Waals surface area contributed by atoms with Gasteiger partial charge in [-0.05, 0) is 37.1 Å². The van der Waals surface area contributed by atoms with Gasteiger partial charge in [0.25, 0.3) is 0 Å². The van der Waals surface area contributed by atoms with Crippen LogP contribution in [-0.2, 0) is 0 Å². The molecule has 3 rings (SSSR count). The molecule has 1 aliphatic rings. The van der Waals surface area contributed by atoms with Crippen molar-refractivity contribution in [2.45, 2.75) is 18.9 Å². The predicted octanol–water partition coefficient (Wildman–Crippen LogP) is 4.47. The van der Waals surface area contributed by atoms with Crippen molar-refractivity contribution < 1.29 is 0 Å². The Kier molecular flexibility index (Phi) is 4.51. The zero-order chi connectivity index (χ0) is 14.7. The van der Waals surface area contributed by atoms with Gasteiger partial charge in [-0.2, -0.15) is 0 Å². The highest BCUT2D eigenvalue weighted by Gasteiger charge is 2.20. The molecular formula is C16H17Cl2N3. The summed E-state index contributed by atoms with van der Waals surface area (Å²) in [6, 6.07) is 12.1. The lowest BCUT2D eigenvalue weighted by Crippen LogP contribution is -2.39. The molecule has 0 amide bonds. The second-order valence-electron chi connectivity index (χ2n) is 5.19. The molecule has 0 aliphatic carbocycles. The maximum absolute atomic E-state index is 6.22. The lowest BCUT2D eigenvalue weighted by Gasteiger charge is -2.33. The molecule has 1 aliphatic heterocycles. The Morgan fingerprint density at radius 2 is 1.86 bits per heavy atom. The number of pyridine rings is 1. The number of hydrogen-bond acceptors (Lipinski definition) is 3. The molecule has 1 N–H and O–H groups in total. The van der Waals surface area contributed by atoms with E-state index in [0.717, 1.165) is 37.4 Å². The van der Waals surface area contributed by atoms with Crippen LogP contribution < -0.4 is 10.2 Å². The summed E-state index contributed by atoms with van der Waals surface area (Å²) in [6.07, 6.45) is 3.95. The molecule has 1 aromatic heterocycles. The normalized spacial score (nSPS) is 16.0. The molecule has 5 heteroatoms.